The molecule has 0 saturated heterocycles. The van der Waals surface area contributed by atoms with Crippen LogP contribution in [0.15, 0.2) is 57.8 Å². The molecule has 0 unspecified atom stereocenters. The summed E-state index contributed by atoms with van der Waals surface area (Å²) in [5, 5.41) is 3.09. The number of benzene rings is 2. The van der Waals surface area contributed by atoms with Crippen LogP contribution in [0.3, 0.4) is 0 Å². The molecule has 0 radical (unpaired) electrons. The molecule has 9 nitrogen and oxygen atoms in total. The number of methoxy groups -OCH3 is 2. The normalized spacial score (nSPS) is 11.0. The fraction of sp³-hybridized carbons (Fsp3) is 0.321. The molecule has 1 heterocycles. The van der Waals surface area contributed by atoms with Gasteiger partial charge in [0.25, 0.3) is 5.91 Å². The Morgan fingerprint density at radius 3 is 2.59 bits per heavy atom. The Kier molecular flexibility index (Phi) is 10.3. The van der Waals surface area contributed by atoms with Gasteiger partial charge in [0.2, 0.25) is 0 Å². The Labute approximate surface area is 215 Å². The predicted octanol–water partition coefficient (Wildman–Crippen LogP) is 4.37. The number of hydrogen-bond donors (Lipinski definition) is 1. The lowest BCUT2D eigenvalue weighted by Crippen LogP contribution is -2.30. The van der Waals surface area contributed by atoms with E-state index in [4.69, 9.17) is 23.4 Å². The van der Waals surface area contributed by atoms with Crippen molar-refractivity contribution in [1.29, 1.82) is 0 Å². The SMILES string of the molecule is CCCCCOc1ccc(/C=C/C(=O)Oc2ccc3cc(C(=O)NCCOC)c(=O)oc3c2)cc1OC. The maximum Gasteiger partial charge on any atom is 0.349 e. The molecule has 9 heteroatoms. The first-order chi connectivity index (χ1) is 17.9. The molecule has 0 saturated carbocycles. The molecule has 196 valence electrons. The highest BCUT2D eigenvalue weighted by atomic mass is 16.5. The van der Waals surface area contributed by atoms with Crippen LogP contribution in [-0.2, 0) is 9.53 Å². The molecule has 1 aromatic heterocycles. The monoisotopic (exact) mass is 509 g/mol. The molecule has 0 atom stereocenters. The van der Waals surface area contributed by atoms with E-state index in [-0.39, 0.29) is 23.4 Å². The maximum absolute atomic E-state index is 12.4. The van der Waals surface area contributed by atoms with Crippen molar-refractivity contribution in [2.45, 2.75) is 26.2 Å². The highest BCUT2D eigenvalue weighted by molar-refractivity contribution is 5.97. The standard InChI is InChI=1S/C28H31NO8/c1-4-5-6-14-35-23-11-7-19(16-25(23)34-3)8-12-26(30)36-21-10-9-20-17-22(27(31)29-13-15-33-2)28(32)37-24(20)18-21/h7-12,16-18H,4-6,13-15H2,1-3H3,(H,29,31)/b12-8+. The Bertz CT molecular complexity index is 1310. The van der Waals surface area contributed by atoms with Crippen LogP contribution in [0.1, 0.15) is 42.1 Å². The van der Waals surface area contributed by atoms with Crippen LogP contribution < -0.4 is 25.2 Å². The minimum Gasteiger partial charge on any atom is -0.493 e. The third-order valence-corrected chi connectivity index (χ3v) is 5.37. The largest absolute Gasteiger partial charge is 0.493 e. The van der Waals surface area contributed by atoms with Crippen molar-refractivity contribution in [3.8, 4) is 17.2 Å². The van der Waals surface area contributed by atoms with Crippen LogP contribution in [0, 0.1) is 0 Å². The Balaban J connectivity index is 1.65. The average molecular weight is 510 g/mol. The highest BCUT2D eigenvalue weighted by Crippen LogP contribution is 2.29. The first-order valence-electron chi connectivity index (χ1n) is 12.0. The van der Waals surface area contributed by atoms with E-state index in [2.05, 4.69) is 12.2 Å². The van der Waals surface area contributed by atoms with Gasteiger partial charge in [-0.1, -0.05) is 25.8 Å². The van der Waals surface area contributed by atoms with E-state index in [1.54, 1.807) is 37.5 Å². The zero-order valence-corrected chi connectivity index (χ0v) is 21.2. The van der Waals surface area contributed by atoms with Gasteiger partial charge in [-0.05, 0) is 48.4 Å². The van der Waals surface area contributed by atoms with Crippen LogP contribution >= 0.6 is 0 Å². The van der Waals surface area contributed by atoms with Gasteiger partial charge in [-0.3, -0.25) is 4.79 Å². The van der Waals surface area contributed by atoms with Gasteiger partial charge < -0.3 is 28.7 Å². The fourth-order valence-corrected chi connectivity index (χ4v) is 3.43. The Morgan fingerprint density at radius 1 is 1.00 bits per heavy atom. The Morgan fingerprint density at radius 2 is 1.84 bits per heavy atom. The van der Waals surface area contributed by atoms with Crippen molar-refractivity contribution in [2.75, 3.05) is 34.0 Å². The quantitative estimate of drug-likeness (QED) is 0.119. The molecule has 0 aliphatic rings. The number of nitrogens with one attached hydrogen (secondary N) is 1. The first-order valence-corrected chi connectivity index (χ1v) is 12.0. The number of ether oxygens (including phenoxy) is 4. The van der Waals surface area contributed by atoms with E-state index < -0.39 is 17.5 Å². The lowest BCUT2D eigenvalue weighted by Gasteiger charge is -2.11. The number of carbonyl (C=O) groups is 2. The number of hydrogen-bond acceptors (Lipinski definition) is 8. The summed E-state index contributed by atoms with van der Waals surface area (Å²) < 4.78 is 26.7. The molecule has 0 fully saturated rings. The minimum absolute atomic E-state index is 0.121. The summed E-state index contributed by atoms with van der Waals surface area (Å²) in [7, 11) is 3.07. The second kappa shape index (κ2) is 13.8. The molecule has 1 amide bonds. The fourth-order valence-electron chi connectivity index (χ4n) is 3.43. The zero-order chi connectivity index (χ0) is 26.6. The van der Waals surface area contributed by atoms with Gasteiger partial charge in [-0.15, -0.1) is 0 Å². The third-order valence-electron chi connectivity index (χ3n) is 5.37. The van der Waals surface area contributed by atoms with Crippen LogP contribution in [0.2, 0.25) is 0 Å². The molecular formula is C28H31NO8. The van der Waals surface area contributed by atoms with E-state index in [1.807, 2.05) is 6.07 Å². The third kappa shape index (κ3) is 7.94. The lowest BCUT2D eigenvalue weighted by molar-refractivity contribution is -0.128. The first kappa shape index (κ1) is 27.5. The van der Waals surface area contributed by atoms with Gasteiger partial charge in [0, 0.05) is 31.2 Å². The molecule has 0 aliphatic carbocycles. The molecule has 2 aromatic carbocycles. The summed E-state index contributed by atoms with van der Waals surface area (Å²) in [6, 6.07) is 11.4. The van der Waals surface area contributed by atoms with Crippen molar-refractivity contribution in [2.24, 2.45) is 0 Å². The van der Waals surface area contributed by atoms with Gasteiger partial charge >= 0.3 is 11.6 Å². The second-order valence-corrected chi connectivity index (χ2v) is 8.12. The van der Waals surface area contributed by atoms with Crippen molar-refractivity contribution < 1.29 is 33.0 Å². The van der Waals surface area contributed by atoms with Crippen molar-refractivity contribution in [3.63, 3.8) is 0 Å². The van der Waals surface area contributed by atoms with E-state index >= 15 is 0 Å². The van der Waals surface area contributed by atoms with Gasteiger partial charge in [-0.2, -0.15) is 0 Å². The molecule has 3 aromatic rings. The summed E-state index contributed by atoms with van der Waals surface area (Å²) in [6.07, 6.45) is 6.06. The predicted molar refractivity (Wildman–Crippen MR) is 139 cm³/mol. The molecule has 3 rings (SSSR count). The number of amides is 1. The number of esters is 1. The van der Waals surface area contributed by atoms with Crippen LogP contribution in [0.25, 0.3) is 17.0 Å². The average Bonchev–Trinajstić information content (AvgIpc) is 2.89. The highest BCUT2D eigenvalue weighted by Gasteiger charge is 2.14. The van der Waals surface area contributed by atoms with Crippen molar-refractivity contribution in [1.82, 2.24) is 5.32 Å². The van der Waals surface area contributed by atoms with Gasteiger partial charge in [0.15, 0.2) is 11.5 Å². The van der Waals surface area contributed by atoms with Gasteiger partial charge in [0.05, 0.1) is 20.3 Å². The van der Waals surface area contributed by atoms with E-state index in [0.29, 0.717) is 30.1 Å². The number of fused-ring (bicyclic) bond motifs is 1. The van der Waals surface area contributed by atoms with Crippen LogP contribution in [0.5, 0.6) is 17.2 Å². The molecule has 1 N–H and O–H groups in total. The number of carbonyl (C=O) groups excluding carboxylic acids is 2. The zero-order valence-electron chi connectivity index (χ0n) is 21.2. The van der Waals surface area contributed by atoms with Gasteiger partial charge in [0.1, 0.15) is 16.9 Å². The maximum atomic E-state index is 12.4. The minimum atomic E-state index is -0.794. The lowest BCUT2D eigenvalue weighted by atomic mass is 10.1. The van der Waals surface area contributed by atoms with Gasteiger partial charge in [-0.25, -0.2) is 9.59 Å². The molecule has 37 heavy (non-hydrogen) atoms. The van der Waals surface area contributed by atoms with E-state index in [1.165, 1.54) is 25.3 Å². The summed E-state index contributed by atoms with van der Waals surface area (Å²) in [5.74, 6) is 0.238. The number of unbranched alkanes of at least 4 members (excludes halogenated alkanes) is 2. The van der Waals surface area contributed by atoms with Crippen molar-refractivity contribution in [3.05, 3.63) is 70.1 Å². The topological polar surface area (TPSA) is 113 Å². The molecule has 0 bridgehead atoms. The second-order valence-electron chi connectivity index (χ2n) is 8.12. The molecular weight excluding hydrogens is 478 g/mol. The van der Waals surface area contributed by atoms with Crippen LogP contribution in [0.4, 0.5) is 0 Å². The summed E-state index contributed by atoms with van der Waals surface area (Å²) >= 11 is 0. The van der Waals surface area contributed by atoms with E-state index in [9.17, 15) is 14.4 Å². The Hall–Kier alpha value is -4.11. The summed E-state index contributed by atoms with van der Waals surface area (Å²) in [4.78, 5) is 36.8. The summed E-state index contributed by atoms with van der Waals surface area (Å²) in [6.45, 7) is 3.33. The molecule has 0 aliphatic heterocycles. The number of rotatable bonds is 13. The van der Waals surface area contributed by atoms with Crippen molar-refractivity contribution >= 4 is 28.9 Å². The summed E-state index contributed by atoms with van der Waals surface area (Å²) in [5.41, 5.74) is 0.00381. The van der Waals surface area contributed by atoms with E-state index in [0.717, 1.165) is 24.8 Å². The molecule has 0 spiro atoms. The smallest absolute Gasteiger partial charge is 0.349 e. The van der Waals surface area contributed by atoms with Crippen LogP contribution in [-0.4, -0.2) is 45.9 Å².